The van der Waals surface area contributed by atoms with Crippen LogP contribution < -0.4 is 9.64 Å². The Morgan fingerprint density at radius 1 is 1.00 bits per heavy atom. The van der Waals surface area contributed by atoms with Crippen LogP contribution in [0.25, 0.3) is 11.3 Å². The Balaban J connectivity index is 1.67. The van der Waals surface area contributed by atoms with E-state index in [2.05, 4.69) is 28.7 Å². The first-order chi connectivity index (χ1) is 17.3. The molecule has 1 saturated heterocycles. The van der Waals surface area contributed by atoms with Gasteiger partial charge in [-0.05, 0) is 37.3 Å². The number of piperidine rings is 1. The van der Waals surface area contributed by atoms with E-state index in [1.807, 2.05) is 19.1 Å². The number of aryl methyl sites for hydroxylation is 1. The van der Waals surface area contributed by atoms with Crippen molar-refractivity contribution in [1.29, 1.82) is 0 Å². The third-order valence-corrected chi connectivity index (χ3v) is 6.44. The van der Waals surface area contributed by atoms with Gasteiger partial charge in [0.05, 0.1) is 57.0 Å². The zero-order valence-corrected chi connectivity index (χ0v) is 21.9. The number of aliphatic carboxylic acids is 1. The molecule has 3 heterocycles. The van der Waals surface area contributed by atoms with E-state index < -0.39 is 5.97 Å². The fourth-order valence-electron chi connectivity index (χ4n) is 4.19. The first-order valence-corrected chi connectivity index (χ1v) is 12.5. The van der Waals surface area contributed by atoms with Gasteiger partial charge in [0.15, 0.2) is 0 Å². The smallest absolute Gasteiger partial charge is 0.307 e. The molecule has 0 aliphatic carbocycles. The van der Waals surface area contributed by atoms with Crippen LogP contribution in [0.5, 0.6) is 5.75 Å². The molecule has 0 radical (unpaired) electrons. The molecule has 2 aromatic rings. The van der Waals surface area contributed by atoms with E-state index in [1.165, 1.54) is 0 Å². The second kappa shape index (κ2) is 13.5. The van der Waals surface area contributed by atoms with E-state index in [4.69, 9.17) is 18.9 Å². The van der Waals surface area contributed by atoms with Gasteiger partial charge < -0.3 is 29.0 Å². The topological polar surface area (TPSA) is 103 Å². The highest BCUT2D eigenvalue weighted by Crippen LogP contribution is 2.39. The molecule has 1 aliphatic heterocycles. The number of rotatable bonds is 14. The van der Waals surface area contributed by atoms with Crippen LogP contribution in [0.1, 0.15) is 37.9 Å². The molecular formula is C27H39N3O6. The summed E-state index contributed by atoms with van der Waals surface area (Å²) in [5, 5.41) is 9.58. The van der Waals surface area contributed by atoms with Gasteiger partial charge in [0.25, 0.3) is 0 Å². The Bertz CT molecular complexity index is 970. The van der Waals surface area contributed by atoms with Crippen LogP contribution in [-0.2, 0) is 25.4 Å². The van der Waals surface area contributed by atoms with Crippen molar-refractivity contribution in [2.75, 3.05) is 64.7 Å². The second-order valence-electron chi connectivity index (χ2n) is 9.75. The van der Waals surface area contributed by atoms with Crippen LogP contribution in [0.4, 0.5) is 5.69 Å². The Kier molecular flexibility index (Phi) is 10.5. The number of carboxylic acids is 1. The SMILES string of the molecule is COCCOCCOCCOc1ccc(-c2cnc(C)c(CC(=O)O)c2N2CCC(C)(C)CC2)nc1. The lowest BCUT2D eigenvalue weighted by Gasteiger charge is -2.40. The molecule has 3 rings (SSSR count). The standard InChI is InChI=1S/C27H39N3O6/c1-20-22(17-25(31)32)26(30-9-7-27(2,3)8-10-30)23(19-28-20)24-6-5-21(18-29-24)36-16-15-35-14-13-34-12-11-33-4/h5-6,18-19H,7-17H2,1-4H3,(H,31,32). The highest BCUT2D eigenvalue weighted by atomic mass is 16.6. The number of ether oxygens (including phenoxy) is 4. The molecule has 0 amide bonds. The number of hydrogen-bond donors (Lipinski definition) is 1. The number of carbonyl (C=O) groups is 1. The van der Waals surface area contributed by atoms with E-state index in [0.29, 0.717) is 45.4 Å². The highest BCUT2D eigenvalue weighted by Gasteiger charge is 2.29. The summed E-state index contributed by atoms with van der Waals surface area (Å²) in [4.78, 5) is 23.1. The van der Waals surface area contributed by atoms with Crippen molar-refractivity contribution in [2.45, 2.75) is 40.0 Å². The van der Waals surface area contributed by atoms with Crippen LogP contribution in [0.15, 0.2) is 24.5 Å². The van der Waals surface area contributed by atoms with Crippen LogP contribution >= 0.6 is 0 Å². The Labute approximate surface area is 213 Å². The fraction of sp³-hybridized carbons (Fsp3) is 0.593. The number of anilines is 1. The number of aromatic nitrogens is 2. The Hall–Kier alpha value is -2.75. The van der Waals surface area contributed by atoms with Crippen molar-refractivity contribution >= 4 is 11.7 Å². The number of methoxy groups -OCH3 is 1. The van der Waals surface area contributed by atoms with E-state index in [9.17, 15) is 9.90 Å². The molecule has 198 valence electrons. The Morgan fingerprint density at radius 3 is 2.28 bits per heavy atom. The molecule has 1 fully saturated rings. The molecule has 0 aromatic carbocycles. The van der Waals surface area contributed by atoms with Gasteiger partial charge in [-0.25, -0.2) is 0 Å². The second-order valence-corrected chi connectivity index (χ2v) is 9.75. The summed E-state index contributed by atoms with van der Waals surface area (Å²) < 4.78 is 21.5. The van der Waals surface area contributed by atoms with Crippen LogP contribution in [0, 0.1) is 12.3 Å². The fourth-order valence-corrected chi connectivity index (χ4v) is 4.19. The lowest BCUT2D eigenvalue weighted by atomic mass is 9.82. The number of pyridine rings is 2. The maximum atomic E-state index is 11.7. The summed E-state index contributed by atoms with van der Waals surface area (Å²) in [5.41, 5.74) is 4.30. The monoisotopic (exact) mass is 501 g/mol. The van der Waals surface area contributed by atoms with Gasteiger partial charge in [0.1, 0.15) is 12.4 Å². The molecule has 0 spiro atoms. The average Bonchev–Trinajstić information content (AvgIpc) is 2.85. The van der Waals surface area contributed by atoms with Gasteiger partial charge in [-0.3, -0.25) is 14.8 Å². The van der Waals surface area contributed by atoms with Gasteiger partial charge in [0, 0.05) is 43.2 Å². The van der Waals surface area contributed by atoms with Crippen molar-refractivity contribution in [3.63, 3.8) is 0 Å². The zero-order chi connectivity index (χ0) is 26.0. The minimum absolute atomic E-state index is 0.0689. The van der Waals surface area contributed by atoms with Gasteiger partial charge >= 0.3 is 5.97 Å². The highest BCUT2D eigenvalue weighted by molar-refractivity contribution is 5.83. The molecule has 0 bridgehead atoms. The van der Waals surface area contributed by atoms with Crippen molar-refractivity contribution < 1.29 is 28.8 Å². The summed E-state index contributed by atoms with van der Waals surface area (Å²) in [5.74, 6) is -0.220. The molecule has 1 aliphatic rings. The van der Waals surface area contributed by atoms with Crippen molar-refractivity contribution in [2.24, 2.45) is 5.41 Å². The normalized spacial score (nSPS) is 15.2. The van der Waals surface area contributed by atoms with Gasteiger partial charge in [-0.15, -0.1) is 0 Å². The van der Waals surface area contributed by atoms with E-state index >= 15 is 0 Å². The molecular weight excluding hydrogens is 462 g/mol. The summed E-state index contributed by atoms with van der Waals surface area (Å²) in [7, 11) is 1.64. The molecule has 0 saturated carbocycles. The number of carboxylic acid groups (broad SMARTS) is 1. The van der Waals surface area contributed by atoms with Crippen molar-refractivity contribution in [1.82, 2.24) is 9.97 Å². The summed E-state index contributed by atoms with van der Waals surface area (Å²) in [6, 6.07) is 3.77. The number of hydrogen-bond acceptors (Lipinski definition) is 8. The average molecular weight is 502 g/mol. The lowest BCUT2D eigenvalue weighted by Crippen LogP contribution is -2.38. The van der Waals surface area contributed by atoms with Gasteiger partial charge in [0.2, 0.25) is 0 Å². The van der Waals surface area contributed by atoms with Crippen molar-refractivity contribution in [3.05, 3.63) is 35.8 Å². The van der Waals surface area contributed by atoms with E-state index in [0.717, 1.165) is 54.1 Å². The van der Waals surface area contributed by atoms with Crippen LogP contribution in [0.2, 0.25) is 0 Å². The first-order valence-electron chi connectivity index (χ1n) is 12.5. The third kappa shape index (κ3) is 8.15. The minimum atomic E-state index is -0.865. The van der Waals surface area contributed by atoms with Gasteiger partial charge in [-0.2, -0.15) is 0 Å². The molecule has 9 heteroatoms. The molecule has 9 nitrogen and oxygen atoms in total. The van der Waals surface area contributed by atoms with Crippen molar-refractivity contribution in [3.8, 4) is 17.0 Å². The quantitative estimate of drug-likeness (QED) is 0.388. The molecule has 1 N–H and O–H groups in total. The molecule has 0 atom stereocenters. The van der Waals surface area contributed by atoms with E-state index in [1.54, 1.807) is 19.5 Å². The van der Waals surface area contributed by atoms with E-state index in [-0.39, 0.29) is 11.8 Å². The largest absolute Gasteiger partial charge is 0.490 e. The third-order valence-electron chi connectivity index (χ3n) is 6.44. The van der Waals surface area contributed by atoms with Crippen LogP contribution in [-0.4, -0.2) is 80.9 Å². The lowest BCUT2D eigenvalue weighted by molar-refractivity contribution is -0.136. The summed E-state index contributed by atoms with van der Waals surface area (Å²) in [6.07, 6.45) is 5.51. The summed E-state index contributed by atoms with van der Waals surface area (Å²) >= 11 is 0. The van der Waals surface area contributed by atoms with Gasteiger partial charge in [-0.1, -0.05) is 13.8 Å². The maximum absolute atomic E-state index is 11.7. The predicted molar refractivity (Wildman–Crippen MR) is 138 cm³/mol. The molecule has 0 unspecified atom stereocenters. The maximum Gasteiger partial charge on any atom is 0.307 e. The minimum Gasteiger partial charge on any atom is -0.490 e. The number of nitrogens with zero attached hydrogens (tertiary/aromatic N) is 3. The Morgan fingerprint density at radius 2 is 1.67 bits per heavy atom. The molecule has 36 heavy (non-hydrogen) atoms. The van der Waals surface area contributed by atoms with Crippen LogP contribution in [0.3, 0.4) is 0 Å². The zero-order valence-electron chi connectivity index (χ0n) is 21.9. The molecule has 2 aromatic heterocycles. The summed E-state index contributed by atoms with van der Waals surface area (Å²) in [6.45, 7) is 11.2. The predicted octanol–water partition coefficient (Wildman–Crippen LogP) is 3.76. The first kappa shape index (κ1) is 27.8.